The summed E-state index contributed by atoms with van der Waals surface area (Å²) in [6, 6.07) is 6.28. The molecular formula is C22H30N4O3. The van der Waals surface area contributed by atoms with Gasteiger partial charge in [0.05, 0.1) is 25.5 Å². The SMILES string of the molecule is Cn1cc(CNCC(=O)NC2CCCCC2)c(-c2ccc3c(c2)OCCCO3)n1. The van der Waals surface area contributed by atoms with Crippen molar-refractivity contribution in [1.29, 1.82) is 0 Å². The number of rotatable bonds is 6. The highest BCUT2D eigenvalue weighted by molar-refractivity contribution is 5.78. The summed E-state index contributed by atoms with van der Waals surface area (Å²) in [6.07, 6.45) is 8.79. The third kappa shape index (κ3) is 5.09. The molecule has 156 valence electrons. The summed E-state index contributed by atoms with van der Waals surface area (Å²) in [5, 5.41) is 11.0. The average molecular weight is 399 g/mol. The van der Waals surface area contributed by atoms with Gasteiger partial charge >= 0.3 is 0 Å². The molecule has 0 radical (unpaired) electrons. The van der Waals surface area contributed by atoms with Crippen LogP contribution < -0.4 is 20.1 Å². The van der Waals surface area contributed by atoms with E-state index in [0.29, 0.717) is 32.3 Å². The van der Waals surface area contributed by atoms with Crippen LogP contribution in [0.2, 0.25) is 0 Å². The lowest BCUT2D eigenvalue weighted by molar-refractivity contribution is -0.121. The van der Waals surface area contributed by atoms with Crippen molar-refractivity contribution in [3.05, 3.63) is 30.0 Å². The third-order valence-electron chi connectivity index (χ3n) is 5.50. The van der Waals surface area contributed by atoms with Gasteiger partial charge in [-0.2, -0.15) is 5.10 Å². The number of amides is 1. The quantitative estimate of drug-likeness (QED) is 0.782. The first-order chi connectivity index (χ1) is 14.2. The summed E-state index contributed by atoms with van der Waals surface area (Å²) in [6.45, 7) is 2.22. The van der Waals surface area contributed by atoms with Crippen LogP contribution >= 0.6 is 0 Å². The Kier molecular flexibility index (Phi) is 6.34. The van der Waals surface area contributed by atoms with E-state index in [1.165, 1.54) is 19.3 Å². The van der Waals surface area contributed by atoms with Crippen molar-refractivity contribution in [2.24, 2.45) is 7.05 Å². The van der Waals surface area contributed by atoms with E-state index in [9.17, 15) is 4.79 Å². The standard InChI is InChI=1S/C22H30N4O3/c1-26-15-17(13-23-14-21(27)24-18-6-3-2-4-7-18)22(25-26)16-8-9-19-20(12-16)29-11-5-10-28-19/h8-9,12,15,18,23H,2-7,10-11,13-14H2,1H3,(H,24,27). The summed E-state index contributed by atoms with van der Waals surface area (Å²) in [5.41, 5.74) is 2.93. The molecule has 1 aromatic carbocycles. The summed E-state index contributed by atoms with van der Waals surface area (Å²) >= 11 is 0. The van der Waals surface area contributed by atoms with Gasteiger partial charge in [0, 0.05) is 43.4 Å². The molecule has 7 heteroatoms. The number of aryl methyl sites for hydroxylation is 1. The van der Waals surface area contributed by atoms with E-state index in [1.54, 1.807) is 4.68 Å². The van der Waals surface area contributed by atoms with Crippen LogP contribution in [0.3, 0.4) is 0 Å². The summed E-state index contributed by atoms with van der Waals surface area (Å²) in [7, 11) is 1.91. The Bertz CT molecular complexity index is 843. The average Bonchev–Trinajstić information content (AvgIpc) is 2.94. The number of fused-ring (bicyclic) bond motifs is 1. The Labute approximate surface area is 171 Å². The minimum atomic E-state index is 0.0675. The lowest BCUT2D eigenvalue weighted by atomic mass is 9.95. The maximum Gasteiger partial charge on any atom is 0.234 e. The zero-order valence-corrected chi connectivity index (χ0v) is 17.1. The van der Waals surface area contributed by atoms with Crippen LogP contribution in [0.4, 0.5) is 0 Å². The number of benzene rings is 1. The number of nitrogens with one attached hydrogen (secondary N) is 2. The van der Waals surface area contributed by atoms with Crippen molar-refractivity contribution >= 4 is 5.91 Å². The fourth-order valence-electron chi connectivity index (χ4n) is 4.06. The Balaban J connectivity index is 1.38. The molecule has 1 aliphatic carbocycles. The smallest absolute Gasteiger partial charge is 0.234 e. The van der Waals surface area contributed by atoms with Crippen LogP contribution in [-0.4, -0.2) is 41.5 Å². The molecule has 1 fully saturated rings. The second-order valence-electron chi connectivity index (χ2n) is 7.89. The molecular weight excluding hydrogens is 368 g/mol. The lowest BCUT2D eigenvalue weighted by Gasteiger charge is -2.22. The molecule has 7 nitrogen and oxygen atoms in total. The number of carbonyl (C=O) groups is 1. The van der Waals surface area contributed by atoms with Crippen molar-refractivity contribution in [2.45, 2.75) is 51.1 Å². The van der Waals surface area contributed by atoms with Crippen LogP contribution in [-0.2, 0) is 18.4 Å². The first-order valence-corrected chi connectivity index (χ1v) is 10.6. The molecule has 2 N–H and O–H groups in total. The van der Waals surface area contributed by atoms with Crippen molar-refractivity contribution in [2.75, 3.05) is 19.8 Å². The molecule has 2 aromatic rings. The molecule has 2 heterocycles. The molecule has 0 saturated heterocycles. The van der Waals surface area contributed by atoms with Crippen LogP contribution in [0.25, 0.3) is 11.3 Å². The van der Waals surface area contributed by atoms with Gasteiger partial charge in [-0.05, 0) is 31.0 Å². The fourth-order valence-corrected chi connectivity index (χ4v) is 4.06. The van der Waals surface area contributed by atoms with E-state index in [4.69, 9.17) is 9.47 Å². The van der Waals surface area contributed by atoms with Crippen molar-refractivity contribution < 1.29 is 14.3 Å². The number of nitrogens with zero attached hydrogens (tertiary/aromatic N) is 2. The Hall–Kier alpha value is -2.54. The third-order valence-corrected chi connectivity index (χ3v) is 5.50. The molecule has 0 spiro atoms. The van der Waals surface area contributed by atoms with E-state index in [1.807, 2.05) is 31.4 Å². The van der Waals surface area contributed by atoms with Crippen LogP contribution in [0.15, 0.2) is 24.4 Å². The second-order valence-corrected chi connectivity index (χ2v) is 7.89. The Morgan fingerprint density at radius 3 is 2.76 bits per heavy atom. The van der Waals surface area contributed by atoms with Gasteiger partial charge in [-0.25, -0.2) is 0 Å². The van der Waals surface area contributed by atoms with Crippen molar-refractivity contribution in [1.82, 2.24) is 20.4 Å². The number of aromatic nitrogens is 2. The molecule has 2 aliphatic rings. The van der Waals surface area contributed by atoms with Crippen LogP contribution in [0.1, 0.15) is 44.1 Å². The van der Waals surface area contributed by atoms with Crippen molar-refractivity contribution in [3.63, 3.8) is 0 Å². The van der Waals surface area contributed by atoms with Gasteiger partial charge in [0.15, 0.2) is 11.5 Å². The van der Waals surface area contributed by atoms with Gasteiger partial charge in [-0.3, -0.25) is 9.48 Å². The zero-order valence-electron chi connectivity index (χ0n) is 17.1. The molecule has 1 aliphatic heterocycles. The summed E-state index contributed by atoms with van der Waals surface area (Å²) in [5.74, 6) is 1.61. The van der Waals surface area contributed by atoms with E-state index >= 15 is 0 Å². The minimum Gasteiger partial charge on any atom is -0.490 e. The van der Waals surface area contributed by atoms with Crippen molar-refractivity contribution in [3.8, 4) is 22.8 Å². The molecule has 0 bridgehead atoms. The largest absolute Gasteiger partial charge is 0.490 e. The molecule has 0 atom stereocenters. The van der Waals surface area contributed by atoms with E-state index in [-0.39, 0.29) is 5.91 Å². The lowest BCUT2D eigenvalue weighted by Crippen LogP contribution is -2.41. The number of ether oxygens (including phenoxy) is 2. The molecule has 29 heavy (non-hydrogen) atoms. The van der Waals surface area contributed by atoms with Gasteiger partial charge in [-0.1, -0.05) is 19.3 Å². The summed E-state index contributed by atoms with van der Waals surface area (Å²) in [4.78, 5) is 12.2. The van der Waals surface area contributed by atoms with E-state index in [0.717, 1.165) is 47.6 Å². The zero-order chi connectivity index (χ0) is 20.1. The maximum atomic E-state index is 12.2. The van der Waals surface area contributed by atoms with Gasteiger partial charge in [0.1, 0.15) is 0 Å². The van der Waals surface area contributed by atoms with Gasteiger partial charge < -0.3 is 20.1 Å². The molecule has 0 unspecified atom stereocenters. The van der Waals surface area contributed by atoms with E-state index < -0.39 is 0 Å². The highest BCUT2D eigenvalue weighted by atomic mass is 16.5. The summed E-state index contributed by atoms with van der Waals surface area (Å²) < 4.78 is 13.3. The molecule has 1 saturated carbocycles. The molecule has 1 aromatic heterocycles. The van der Waals surface area contributed by atoms with Gasteiger partial charge in [0.2, 0.25) is 5.91 Å². The predicted molar refractivity (Wildman–Crippen MR) is 111 cm³/mol. The Morgan fingerprint density at radius 2 is 1.93 bits per heavy atom. The Morgan fingerprint density at radius 1 is 1.14 bits per heavy atom. The fraction of sp³-hybridized carbons (Fsp3) is 0.545. The minimum absolute atomic E-state index is 0.0675. The molecule has 4 rings (SSSR count). The van der Waals surface area contributed by atoms with Gasteiger partial charge in [-0.15, -0.1) is 0 Å². The maximum absolute atomic E-state index is 12.2. The highest BCUT2D eigenvalue weighted by Gasteiger charge is 2.17. The normalized spacial score (nSPS) is 17.0. The topological polar surface area (TPSA) is 77.4 Å². The molecule has 1 amide bonds. The highest BCUT2D eigenvalue weighted by Crippen LogP contribution is 2.34. The first kappa shape index (κ1) is 19.8. The second kappa shape index (κ2) is 9.31. The number of hydrogen-bond acceptors (Lipinski definition) is 5. The first-order valence-electron chi connectivity index (χ1n) is 10.6. The monoisotopic (exact) mass is 398 g/mol. The number of hydrogen-bond donors (Lipinski definition) is 2. The van der Waals surface area contributed by atoms with Crippen LogP contribution in [0, 0.1) is 0 Å². The van der Waals surface area contributed by atoms with E-state index in [2.05, 4.69) is 15.7 Å². The number of carbonyl (C=O) groups excluding carboxylic acids is 1. The van der Waals surface area contributed by atoms with Gasteiger partial charge in [0.25, 0.3) is 0 Å². The predicted octanol–water partition coefficient (Wildman–Crippen LogP) is 2.79. The van der Waals surface area contributed by atoms with Crippen LogP contribution in [0.5, 0.6) is 11.5 Å².